The Kier molecular flexibility index (Phi) is 4.48. The van der Waals surface area contributed by atoms with E-state index in [-0.39, 0.29) is 12.3 Å². The van der Waals surface area contributed by atoms with Gasteiger partial charge < -0.3 is 14.3 Å². The minimum Gasteiger partial charge on any atom is -0.456 e. The second-order valence-corrected chi connectivity index (χ2v) is 7.44. The molecule has 6 nitrogen and oxygen atoms in total. The number of ketones is 1. The van der Waals surface area contributed by atoms with E-state index in [0.29, 0.717) is 22.1 Å². The fraction of sp³-hybridized carbons (Fsp3) is 0.0870. The zero-order valence-electron chi connectivity index (χ0n) is 16.1. The highest BCUT2D eigenvalue weighted by Gasteiger charge is 2.16. The number of hydrogen-bond donors (Lipinski definition) is 1. The Morgan fingerprint density at radius 3 is 2.90 bits per heavy atom. The maximum Gasteiger partial charge on any atom is 0.184 e. The van der Waals surface area contributed by atoms with Gasteiger partial charge in [-0.3, -0.25) is 9.78 Å². The molecule has 2 aromatic carbocycles. The zero-order chi connectivity index (χ0) is 20.7. The third-order valence-corrected chi connectivity index (χ3v) is 5.26. The second-order valence-electron chi connectivity index (χ2n) is 7.00. The van der Waals surface area contributed by atoms with E-state index >= 15 is 0 Å². The summed E-state index contributed by atoms with van der Waals surface area (Å²) in [6.07, 6.45) is 5.09. The van der Waals surface area contributed by atoms with Gasteiger partial charge in [-0.2, -0.15) is 0 Å². The Morgan fingerprint density at radius 2 is 2.07 bits per heavy atom. The highest BCUT2D eigenvalue weighted by molar-refractivity contribution is 6.31. The fourth-order valence-corrected chi connectivity index (χ4v) is 3.76. The summed E-state index contributed by atoms with van der Waals surface area (Å²) in [5.41, 5.74) is 3.13. The molecule has 7 heteroatoms. The lowest BCUT2D eigenvalue weighted by molar-refractivity contribution is 0.0974. The first-order chi connectivity index (χ1) is 14.6. The summed E-state index contributed by atoms with van der Waals surface area (Å²) in [6.45, 7) is 2.09. The van der Waals surface area contributed by atoms with Crippen molar-refractivity contribution in [1.82, 2.24) is 19.5 Å². The van der Waals surface area contributed by atoms with Crippen LogP contribution in [0.25, 0.3) is 21.9 Å². The van der Waals surface area contributed by atoms with Gasteiger partial charge in [0.05, 0.1) is 23.8 Å². The summed E-state index contributed by atoms with van der Waals surface area (Å²) < 4.78 is 7.73. The first-order valence-electron chi connectivity index (χ1n) is 9.43. The number of H-pyrrole nitrogens is 1. The minimum absolute atomic E-state index is 0.000437. The number of carbonyl (C=O) groups excluding carboxylic acids is 1. The largest absolute Gasteiger partial charge is 0.456 e. The summed E-state index contributed by atoms with van der Waals surface area (Å²) >= 11 is 6.06. The smallest absolute Gasteiger partial charge is 0.184 e. The van der Waals surface area contributed by atoms with Crippen molar-refractivity contribution in [3.8, 4) is 11.5 Å². The summed E-state index contributed by atoms with van der Waals surface area (Å²) in [5, 5.41) is 1.48. The number of aromatic amines is 1. The molecule has 148 valence electrons. The predicted octanol–water partition coefficient (Wildman–Crippen LogP) is 5.55. The molecule has 3 heterocycles. The normalized spacial score (nSPS) is 11.3. The molecular weight excluding hydrogens is 400 g/mol. The van der Waals surface area contributed by atoms with E-state index in [1.807, 2.05) is 54.0 Å². The molecule has 0 bridgehead atoms. The lowest BCUT2D eigenvalue weighted by atomic mass is 10.1. The number of nitrogens with one attached hydrogen (secondary N) is 1. The number of imidazole rings is 1. The van der Waals surface area contributed by atoms with Crippen LogP contribution in [-0.4, -0.2) is 25.3 Å². The van der Waals surface area contributed by atoms with E-state index in [0.717, 1.165) is 27.8 Å². The SMILES string of the molecule is Cc1nc2cc(Cl)ccc2n1CC(=O)c1c[nH]c2cc(Oc3cccnc3)ccc12. The molecule has 0 unspecified atom stereocenters. The number of carbonyl (C=O) groups is 1. The molecule has 0 aliphatic rings. The number of aromatic nitrogens is 4. The van der Waals surface area contributed by atoms with Crippen LogP contribution in [0.3, 0.4) is 0 Å². The van der Waals surface area contributed by atoms with Crippen molar-refractivity contribution < 1.29 is 9.53 Å². The maximum absolute atomic E-state index is 13.1. The molecule has 0 saturated heterocycles. The molecule has 0 fully saturated rings. The third kappa shape index (κ3) is 3.31. The average Bonchev–Trinajstić information content (AvgIpc) is 3.29. The van der Waals surface area contributed by atoms with Crippen molar-refractivity contribution >= 4 is 39.3 Å². The molecule has 0 radical (unpaired) electrons. The fourth-order valence-electron chi connectivity index (χ4n) is 3.59. The van der Waals surface area contributed by atoms with Crippen LogP contribution in [-0.2, 0) is 6.54 Å². The monoisotopic (exact) mass is 416 g/mol. The standard InChI is InChI=1S/C23H17ClN4O2/c1-14-27-21-9-15(24)4-7-22(21)28(14)13-23(29)19-12-26-20-10-16(5-6-18(19)20)30-17-3-2-8-25-11-17/h2-12,26H,13H2,1H3. The topological polar surface area (TPSA) is 72.8 Å². The van der Waals surface area contributed by atoms with Gasteiger partial charge in [-0.25, -0.2) is 4.98 Å². The molecule has 30 heavy (non-hydrogen) atoms. The highest BCUT2D eigenvalue weighted by Crippen LogP contribution is 2.28. The van der Waals surface area contributed by atoms with E-state index < -0.39 is 0 Å². The predicted molar refractivity (Wildman–Crippen MR) is 116 cm³/mol. The number of benzene rings is 2. The molecule has 0 aliphatic heterocycles. The summed E-state index contributed by atoms with van der Waals surface area (Å²) in [4.78, 5) is 24.8. The summed E-state index contributed by atoms with van der Waals surface area (Å²) in [5.74, 6) is 2.10. The minimum atomic E-state index is -0.000437. The van der Waals surface area contributed by atoms with Gasteiger partial charge in [0, 0.05) is 39.9 Å². The number of Topliss-reactive ketones (excluding diaryl/α,β-unsaturated/α-hetero) is 1. The molecule has 0 amide bonds. The molecule has 0 atom stereocenters. The number of rotatable bonds is 5. The van der Waals surface area contributed by atoms with Gasteiger partial charge in [-0.05, 0) is 49.4 Å². The summed E-state index contributed by atoms with van der Waals surface area (Å²) in [6, 6.07) is 14.8. The lowest BCUT2D eigenvalue weighted by Crippen LogP contribution is -2.11. The Bertz CT molecular complexity index is 1390. The number of nitrogens with zero attached hydrogens (tertiary/aromatic N) is 3. The van der Waals surface area contributed by atoms with Crippen LogP contribution in [0.4, 0.5) is 0 Å². The molecule has 0 saturated carbocycles. The van der Waals surface area contributed by atoms with Crippen molar-refractivity contribution in [2.45, 2.75) is 13.5 Å². The van der Waals surface area contributed by atoms with E-state index in [1.54, 1.807) is 24.7 Å². The van der Waals surface area contributed by atoms with Crippen LogP contribution < -0.4 is 4.74 Å². The first kappa shape index (κ1) is 18.4. The van der Waals surface area contributed by atoms with Gasteiger partial charge in [-0.15, -0.1) is 0 Å². The van der Waals surface area contributed by atoms with E-state index in [9.17, 15) is 4.79 Å². The van der Waals surface area contributed by atoms with Gasteiger partial charge in [0.15, 0.2) is 5.78 Å². The van der Waals surface area contributed by atoms with Crippen LogP contribution >= 0.6 is 11.6 Å². The number of halogens is 1. The third-order valence-electron chi connectivity index (χ3n) is 5.03. The van der Waals surface area contributed by atoms with E-state index in [4.69, 9.17) is 16.3 Å². The van der Waals surface area contributed by atoms with Gasteiger partial charge in [0.2, 0.25) is 0 Å². The van der Waals surface area contributed by atoms with E-state index in [2.05, 4.69) is 15.0 Å². The molecule has 0 aliphatic carbocycles. The van der Waals surface area contributed by atoms with Crippen LogP contribution in [0.2, 0.25) is 5.02 Å². The number of pyridine rings is 1. The van der Waals surface area contributed by atoms with Crippen molar-refractivity contribution in [2.75, 3.05) is 0 Å². The zero-order valence-corrected chi connectivity index (χ0v) is 16.8. The van der Waals surface area contributed by atoms with Crippen molar-refractivity contribution in [1.29, 1.82) is 0 Å². The Hall–Kier alpha value is -3.64. The number of aryl methyl sites for hydroxylation is 1. The lowest BCUT2D eigenvalue weighted by Gasteiger charge is -2.07. The summed E-state index contributed by atoms with van der Waals surface area (Å²) in [7, 11) is 0. The molecule has 0 spiro atoms. The number of ether oxygens (including phenoxy) is 1. The van der Waals surface area contributed by atoms with Gasteiger partial charge >= 0.3 is 0 Å². The van der Waals surface area contributed by atoms with Crippen molar-refractivity contribution in [3.63, 3.8) is 0 Å². The van der Waals surface area contributed by atoms with Crippen LogP contribution in [0.5, 0.6) is 11.5 Å². The molecule has 3 aromatic heterocycles. The maximum atomic E-state index is 13.1. The number of fused-ring (bicyclic) bond motifs is 2. The second kappa shape index (κ2) is 7.31. The van der Waals surface area contributed by atoms with Crippen LogP contribution in [0.1, 0.15) is 16.2 Å². The molecule has 5 rings (SSSR count). The number of hydrogen-bond acceptors (Lipinski definition) is 4. The average molecular weight is 417 g/mol. The molecule has 1 N–H and O–H groups in total. The van der Waals surface area contributed by atoms with Crippen molar-refractivity contribution in [3.05, 3.63) is 83.5 Å². The van der Waals surface area contributed by atoms with Gasteiger partial charge in [0.25, 0.3) is 0 Å². The van der Waals surface area contributed by atoms with E-state index in [1.165, 1.54) is 0 Å². The Balaban J connectivity index is 1.44. The first-order valence-corrected chi connectivity index (χ1v) is 9.81. The van der Waals surface area contributed by atoms with Gasteiger partial charge in [0.1, 0.15) is 17.3 Å². The Morgan fingerprint density at radius 1 is 1.17 bits per heavy atom. The highest BCUT2D eigenvalue weighted by atomic mass is 35.5. The molecular formula is C23H17ClN4O2. The Labute approximate surface area is 177 Å². The van der Waals surface area contributed by atoms with Crippen molar-refractivity contribution in [2.24, 2.45) is 0 Å². The van der Waals surface area contributed by atoms with Gasteiger partial charge in [-0.1, -0.05) is 11.6 Å². The quantitative estimate of drug-likeness (QED) is 0.381. The molecule has 5 aromatic rings. The van der Waals surface area contributed by atoms with Crippen LogP contribution in [0, 0.1) is 6.92 Å². The van der Waals surface area contributed by atoms with Crippen LogP contribution in [0.15, 0.2) is 67.1 Å².